The van der Waals surface area contributed by atoms with Gasteiger partial charge in [0.05, 0.1) is 29.0 Å². The molecule has 2 unspecified atom stereocenters. The molecule has 0 bridgehead atoms. The zero-order valence-electron chi connectivity index (χ0n) is 21.0. The van der Waals surface area contributed by atoms with E-state index in [0.717, 1.165) is 18.4 Å². The van der Waals surface area contributed by atoms with E-state index < -0.39 is 27.8 Å². The average molecular weight is 561 g/mol. The smallest absolute Gasteiger partial charge is 0.307 e. The van der Waals surface area contributed by atoms with Crippen LogP contribution in [0, 0.1) is 25.7 Å². The number of halogens is 1. The number of carbonyl (C=O) groups excluding carboxylic acids is 1. The number of sulfonamides is 1. The van der Waals surface area contributed by atoms with Crippen LogP contribution in [0.3, 0.4) is 0 Å². The normalized spacial score (nSPS) is 17.7. The van der Waals surface area contributed by atoms with E-state index in [1.165, 1.54) is 0 Å². The van der Waals surface area contributed by atoms with Crippen LogP contribution in [0.25, 0.3) is 11.5 Å². The van der Waals surface area contributed by atoms with E-state index >= 15 is 0 Å². The summed E-state index contributed by atoms with van der Waals surface area (Å²) in [5, 5.41) is 16.8. The number of amides is 1. The summed E-state index contributed by atoms with van der Waals surface area (Å²) >= 11 is 5.89. The van der Waals surface area contributed by atoms with Gasteiger partial charge >= 0.3 is 5.97 Å². The molecule has 3 aromatic rings. The first-order valence-corrected chi connectivity index (χ1v) is 14.3. The molecule has 1 saturated carbocycles. The van der Waals surface area contributed by atoms with Gasteiger partial charge in [-0.2, -0.15) is 0 Å². The maximum atomic E-state index is 12.9. The summed E-state index contributed by atoms with van der Waals surface area (Å²) in [6.07, 6.45) is 2.89. The second-order valence-electron chi connectivity index (χ2n) is 9.42. The number of aromatic nitrogens is 2. The molecule has 0 saturated heterocycles. The Morgan fingerprint density at radius 3 is 2.39 bits per heavy atom. The molecule has 1 aliphatic rings. The van der Waals surface area contributed by atoms with Crippen LogP contribution < -0.4 is 10.0 Å². The molecule has 0 radical (unpaired) electrons. The van der Waals surface area contributed by atoms with Crippen molar-refractivity contribution < 1.29 is 27.6 Å². The predicted molar refractivity (Wildman–Crippen MR) is 143 cm³/mol. The molecule has 202 valence electrons. The fourth-order valence-corrected chi connectivity index (χ4v) is 5.84. The lowest BCUT2D eigenvalue weighted by Gasteiger charge is -2.27. The summed E-state index contributed by atoms with van der Waals surface area (Å²) < 4.78 is 33.6. The number of rotatable bonds is 9. The molecule has 12 heteroatoms. The molecule has 2 aromatic heterocycles. The van der Waals surface area contributed by atoms with Gasteiger partial charge in [-0.15, -0.1) is 0 Å². The van der Waals surface area contributed by atoms with E-state index in [1.807, 2.05) is 0 Å². The predicted octanol–water partition coefficient (Wildman–Crippen LogP) is 4.82. The lowest BCUT2D eigenvalue weighted by Crippen LogP contribution is -2.36. The van der Waals surface area contributed by atoms with Crippen LogP contribution in [0.15, 0.2) is 40.9 Å². The molecule has 0 aliphatic heterocycles. The number of aryl methyl sites for hydroxylation is 3. The third-order valence-electron chi connectivity index (χ3n) is 6.69. The summed E-state index contributed by atoms with van der Waals surface area (Å²) in [4.78, 5) is 28.9. The molecule has 1 amide bonds. The van der Waals surface area contributed by atoms with Gasteiger partial charge in [0.1, 0.15) is 17.1 Å². The van der Waals surface area contributed by atoms with Gasteiger partial charge in [-0.1, -0.05) is 41.7 Å². The van der Waals surface area contributed by atoms with Crippen molar-refractivity contribution in [2.45, 2.75) is 46.0 Å². The SMILES string of the molecule is Cc1nc(-c2onc(C)c2NS(=O)(=O)CCc2ccc(Cl)cc2)ccc1NC(=O)C1CCCCC1C(=O)O. The zero-order chi connectivity index (χ0) is 27.4. The number of benzene rings is 1. The quantitative estimate of drug-likeness (QED) is 0.337. The lowest BCUT2D eigenvalue weighted by molar-refractivity contribution is -0.147. The minimum Gasteiger partial charge on any atom is -0.481 e. The second kappa shape index (κ2) is 11.5. The monoisotopic (exact) mass is 560 g/mol. The minimum absolute atomic E-state index is 0.150. The Morgan fingerprint density at radius 1 is 1.05 bits per heavy atom. The second-order valence-corrected chi connectivity index (χ2v) is 11.7. The number of nitrogens with one attached hydrogen (secondary N) is 2. The first-order valence-electron chi connectivity index (χ1n) is 12.3. The topological polar surface area (TPSA) is 151 Å². The summed E-state index contributed by atoms with van der Waals surface area (Å²) in [5.74, 6) is -2.63. The van der Waals surface area contributed by atoms with Gasteiger partial charge in [-0.05, 0) is 62.9 Å². The van der Waals surface area contributed by atoms with E-state index in [4.69, 9.17) is 16.1 Å². The highest BCUT2D eigenvalue weighted by Crippen LogP contribution is 2.34. The Morgan fingerprint density at radius 2 is 1.74 bits per heavy atom. The van der Waals surface area contributed by atoms with Crippen molar-refractivity contribution in [1.29, 1.82) is 0 Å². The van der Waals surface area contributed by atoms with Gasteiger partial charge in [0.15, 0.2) is 0 Å². The first kappa shape index (κ1) is 27.6. The number of carbonyl (C=O) groups is 2. The van der Waals surface area contributed by atoms with E-state index in [0.29, 0.717) is 47.1 Å². The molecule has 2 atom stereocenters. The van der Waals surface area contributed by atoms with Gasteiger partial charge in [-0.25, -0.2) is 13.4 Å². The highest BCUT2D eigenvalue weighted by atomic mass is 35.5. The van der Waals surface area contributed by atoms with Crippen molar-refractivity contribution in [2.24, 2.45) is 11.8 Å². The highest BCUT2D eigenvalue weighted by molar-refractivity contribution is 7.92. The Kier molecular flexibility index (Phi) is 8.37. The van der Waals surface area contributed by atoms with Gasteiger partial charge in [0, 0.05) is 5.02 Å². The molecular formula is C26H29ClN4O6S. The number of anilines is 2. The standard InChI is InChI=1S/C26H29ClN4O6S/c1-15-21(29-25(32)19-5-3-4-6-20(19)26(33)34)11-12-22(28-15)24-23(16(2)30-37-24)31-38(35,36)14-13-17-7-9-18(27)10-8-17/h7-12,19-20,31H,3-6,13-14H2,1-2H3,(H,29,32)(H,33,34). The first-order chi connectivity index (χ1) is 18.0. The van der Waals surface area contributed by atoms with Crippen LogP contribution in [0.4, 0.5) is 11.4 Å². The van der Waals surface area contributed by atoms with E-state index in [2.05, 4.69) is 20.2 Å². The minimum atomic E-state index is -3.74. The number of carboxylic acids is 1. The number of pyridine rings is 1. The van der Waals surface area contributed by atoms with E-state index in [-0.39, 0.29) is 23.1 Å². The molecule has 0 spiro atoms. The molecule has 1 aliphatic carbocycles. The van der Waals surface area contributed by atoms with Gasteiger partial charge in [0.25, 0.3) is 0 Å². The van der Waals surface area contributed by atoms with Gasteiger partial charge < -0.3 is 14.9 Å². The van der Waals surface area contributed by atoms with Gasteiger partial charge in [-0.3, -0.25) is 14.3 Å². The van der Waals surface area contributed by atoms with Crippen LogP contribution in [0.5, 0.6) is 0 Å². The average Bonchev–Trinajstić information content (AvgIpc) is 3.24. The largest absolute Gasteiger partial charge is 0.481 e. The molecule has 4 rings (SSSR count). The lowest BCUT2D eigenvalue weighted by atomic mass is 9.78. The number of hydrogen-bond donors (Lipinski definition) is 3. The molecule has 10 nitrogen and oxygen atoms in total. The van der Waals surface area contributed by atoms with Crippen molar-refractivity contribution in [1.82, 2.24) is 10.1 Å². The molecule has 3 N–H and O–H groups in total. The Bertz CT molecular complexity index is 1440. The van der Waals surface area contributed by atoms with E-state index in [1.54, 1.807) is 50.2 Å². The molecule has 1 aromatic carbocycles. The maximum absolute atomic E-state index is 12.9. The molecular weight excluding hydrogens is 532 g/mol. The molecule has 38 heavy (non-hydrogen) atoms. The van der Waals surface area contributed by atoms with Crippen LogP contribution in [0.2, 0.25) is 5.02 Å². The maximum Gasteiger partial charge on any atom is 0.307 e. The number of hydrogen-bond acceptors (Lipinski definition) is 7. The van der Waals surface area contributed by atoms with Crippen molar-refractivity contribution in [3.05, 3.63) is 58.4 Å². The number of nitrogens with zero attached hydrogens (tertiary/aromatic N) is 2. The van der Waals surface area contributed by atoms with Crippen LogP contribution in [-0.4, -0.2) is 41.3 Å². The van der Waals surface area contributed by atoms with Gasteiger partial charge in [0.2, 0.25) is 21.7 Å². The number of carboxylic acid groups (broad SMARTS) is 1. The van der Waals surface area contributed by atoms with Crippen molar-refractivity contribution in [2.75, 3.05) is 15.8 Å². The summed E-state index contributed by atoms with van der Waals surface area (Å²) in [5.41, 5.74) is 2.61. The van der Waals surface area contributed by atoms with E-state index in [9.17, 15) is 23.1 Å². The van der Waals surface area contributed by atoms with Crippen molar-refractivity contribution in [3.8, 4) is 11.5 Å². The zero-order valence-corrected chi connectivity index (χ0v) is 22.6. The third-order valence-corrected chi connectivity index (χ3v) is 8.20. The Balaban J connectivity index is 1.48. The fraction of sp³-hybridized carbons (Fsp3) is 0.385. The Hall–Kier alpha value is -3.44. The fourth-order valence-electron chi connectivity index (χ4n) is 4.56. The van der Waals surface area contributed by atoms with Crippen LogP contribution in [-0.2, 0) is 26.0 Å². The molecule has 2 heterocycles. The summed E-state index contributed by atoms with van der Waals surface area (Å²) in [7, 11) is -3.74. The summed E-state index contributed by atoms with van der Waals surface area (Å²) in [6, 6.07) is 10.2. The van der Waals surface area contributed by atoms with Crippen molar-refractivity contribution in [3.63, 3.8) is 0 Å². The summed E-state index contributed by atoms with van der Waals surface area (Å²) in [6.45, 7) is 3.31. The van der Waals surface area contributed by atoms with Crippen molar-refractivity contribution >= 4 is 44.9 Å². The third kappa shape index (κ3) is 6.51. The Labute approximate surface area is 225 Å². The number of aliphatic carboxylic acids is 1. The highest BCUT2D eigenvalue weighted by Gasteiger charge is 2.36. The van der Waals surface area contributed by atoms with Crippen LogP contribution >= 0.6 is 11.6 Å². The van der Waals surface area contributed by atoms with Crippen LogP contribution in [0.1, 0.15) is 42.6 Å². The molecule has 1 fully saturated rings.